The van der Waals surface area contributed by atoms with Gasteiger partial charge in [0.15, 0.2) is 5.82 Å². The third-order valence-corrected chi connectivity index (χ3v) is 4.77. The molecule has 0 spiro atoms. The van der Waals surface area contributed by atoms with Gasteiger partial charge < -0.3 is 10.6 Å². The number of hydrogen-bond donors (Lipinski definition) is 2. The zero-order valence-corrected chi connectivity index (χ0v) is 14.2. The van der Waals surface area contributed by atoms with E-state index in [4.69, 9.17) is 5.73 Å². The van der Waals surface area contributed by atoms with Crippen LogP contribution in [0.15, 0.2) is 36.5 Å². The fourth-order valence-corrected chi connectivity index (χ4v) is 3.44. The number of aromatic nitrogens is 4. The topological polar surface area (TPSA) is 118 Å². The number of H-pyrrole nitrogens is 1. The van der Waals surface area contributed by atoms with Crippen LogP contribution in [-0.2, 0) is 4.79 Å². The summed E-state index contributed by atoms with van der Waals surface area (Å²) in [5, 5.41) is 7.82. The van der Waals surface area contributed by atoms with Gasteiger partial charge in [0.05, 0.1) is 17.4 Å². The minimum Gasteiger partial charge on any atom is -0.369 e. The lowest BCUT2D eigenvalue weighted by Crippen LogP contribution is -2.32. The second-order valence-corrected chi connectivity index (χ2v) is 6.52. The van der Waals surface area contributed by atoms with Crippen molar-refractivity contribution in [2.24, 2.45) is 11.7 Å². The molecule has 1 aromatic carbocycles. The number of nitrogens with zero attached hydrogens (tertiary/aromatic N) is 4. The zero-order valence-electron chi connectivity index (χ0n) is 14.2. The van der Waals surface area contributed by atoms with Gasteiger partial charge in [0.2, 0.25) is 5.91 Å². The summed E-state index contributed by atoms with van der Waals surface area (Å²) in [6.07, 6.45) is 1.71. The van der Waals surface area contributed by atoms with Gasteiger partial charge in [0.1, 0.15) is 5.82 Å². The molecule has 3 aromatic rings. The number of carbonyl (C=O) groups excluding carboxylic acids is 2. The van der Waals surface area contributed by atoms with E-state index in [0.29, 0.717) is 23.8 Å². The summed E-state index contributed by atoms with van der Waals surface area (Å²) in [4.78, 5) is 35.0. The van der Waals surface area contributed by atoms with Crippen molar-refractivity contribution < 1.29 is 9.59 Å². The van der Waals surface area contributed by atoms with Gasteiger partial charge in [-0.05, 0) is 31.2 Å². The molecule has 0 radical (unpaired) electrons. The summed E-state index contributed by atoms with van der Waals surface area (Å²) in [7, 11) is 0. The number of likely N-dealkylation sites (tertiary alicyclic amines) is 1. The lowest BCUT2D eigenvalue weighted by molar-refractivity contribution is -0.121. The maximum Gasteiger partial charge on any atom is 0.253 e. The van der Waals surface area contributed by atoms with E-state index < -0.39 is 11.8 Å². The molecule has 3 N–H and O–H groups in total. The van der Waals surface area contributed by atoms with Crippen LogP contribution in [0.4, 0.5) is 0 Å². The molecule has 0 aliphatic carbocycles. The summed E-state index contributed by atoms with van der Waals surface area (Å²) in [6, 6.07) is 9.13. The van der Waals surface area contributed by atoms with Crippen LogP contribution in [-0.4, -0.2) is 50.0 Å². The maximum atomic E-state index is 12.9. The molecule has 1 saturated heterocycles. The van der Waals surface area contributed by atoms with Crippen LogP contribution in [0.2, 0.25) is 0 Å². The van der Waals surface area contributed by atoms with Crippen LogP contribution in [0.5, 0.6) is 0 Å². The number of rotatable bonds is 3. The first-order chi connectivity index (χ1) is 12.5. The lowest BCUT2D eigenvalue weighted by Gasteiger charge is -2.16. The van der Waals surface area contributed by atoms with Crippen molar-refractivity contribution in [3.05, 3.63) is 53.7 Å². The molecule has 3 heterocycles. The monoisotopic (exact) mass is 350 g/mol. The average Bonchev–Trinajstić information content (AvgIpc) is 3.27. The van der Waals surface area contributed by atoms with E-state index in [1.807, 2.05) is 24.3 Å². The minimum atomic E-state index is -0.503. The second-order valence-electron chi connectivity index (χ2n) is 6.52. The zero-order chi connectivity index (χ0) is 18.3. The molecule has 2 unspecified atom stereocenters. The molecule has 4 rings (SSSR count). The van der Waals surface area contributed by atoms with Gasteiger partial charge in [0.25, 0.3) is 5.91 Å². The number of hydrogen-bond acceptors (Lipinski definition) is 5. The number of pyridine rings is 1. The number of amides is 2. The molecule has 2 atom stereocenters. The number of nitrogens with two attached hydrogens (primary N) is 1. The van der Waals surface area contributed by atoms with E-state index in [2.05, 4.69) is 20.2 Å². The normalized spacial score (nSPS) is 19.8. The summed E-state index contributed by atoms with van der Waals surface area (Å²) in [5.74, 6) is -0.216. The van der Waals surface area contributed by atoms with Gasteiger partial charge in [-0.3, -0.25) is 19.7 Å². The van der Waals surface area contributed by atoms with E-state index >= 15 is 0 Å². The highest BCUT2D eigenvalue weighted by Crippen LogP contribution is 2.31. The fraction of sp³-hybridized carbons (Fsp3) is 0.278. The molecule has 8 nitrogen and oxygen atoms in total. The van der Waals surface area contributed by atoms with Gasteiger partial charge in [-0.2, -0.15) is 5.10 Å². The van der Waals surface area contributed by atoms with Crippen LogP contribution in [0.25, 0.3) is 10.9 Å². The van der Waals surface area contributed by atoms with Crippen molar-refractivity contribution in [3.63, 3.8) is 0 Å². The average molecular weight is 350 g/mol. The predicted molar refractivity (Wildman–Crippen MR) is 94.2 cm³/mol. The highest BCUT2D eigenvalue weighted by atomic mass is 16.2. The summed E-state index contributed by atoms with van der Waals surface area (Å²) in [6.45, 7) is 2.41. The second kappa shape index (κ2) is 6.21. The van der Waals surface area contributed by atoms with Crippen molar-refractivity contribution in [1.82, 2.24) is 25.1 Å². The molecule has 2 aromatic heterocycles. The number of carbonyl (C=O) groups is 2. The highest BCUT2D eigenvalue weighted by molar-refractivity contribution is 5.98. The van der Waals surface area contributed by atoms with Crippen molar-refractivity contribution in [1.29, 1.82) is 0 Å². The quantitative estimate of drug-likeness (QED) is 0.731. The van der Waals surface area contributed by atoms with Crippen molar-refractivity contribution in [2.45, 2.75) is 12.8 Å². The van der Waals surface area contributed by atoms with Crippen molar-refractivity contribution >= 4 is 22.7 Å². The minimum absolute atomic E-state index is 0.142. The lowest BCUT2D eigenvalue weighted by atomic mass is 9.95. The first-order valence-corrected chi connectivity index (χ1v) is 8.35. The number of nitrogens with one attached hydrogen (secondary N) is 1. The molecule has 1 aliphatic rings. The van der Waals surface area contributed by atoms with Crippen LogP contribution in [0, 0.1) is 12.8 Å². The summed E-state index contributed by atoms with van der Waals surface area (Å²) >= 11 is 0. The van der Waals surface area contributed by atoms with Crippen molar-refractivity contribution in [3.8, 4) is 0 Å². The molecule has 26 heavy (non-hydrogen) atoms. The molecule has 0 bridgehead atoms. The van der Waals surface area contributed by atoms with Gasteiger partial charge in [-0.25, -0.2) is 4.98 Å². The van der Waals surface area contributed by atoms with E-state index in [-0.39, 0.29) is 18.4 Å². The van der Waals surface area contributed by atoms with E-state index in [1.165, 1.54) is 0 Å². The van der Waals surface area contributed by atoms with Crippen LogP contribution >= 0.6 is 0 Å². The third-order valence-electron chi connectivity index (χ3n) is 4.77. The Morgan fingerprint density at radius 2 is 2.12 bits per heavy atom. The molecule has 132 valence electrons. The number of aryl methyl sites for hydroxylation is 1. The maximum absolute atomic E-state index is 12.9. The molecule has 1 fully saturated rings. The Labute approximate surface area is 149 Å². The Morgan fingerprint density at radius 1 is 1.27 bits per heavy atom. The Bertz CT molecular complexity index is 998. The predicted octanol–water partition coefficient (Wildman–Crippen LogP) is 1.00. The van der Waals surface area contributed by atoms with E-state index in [0.717, 1.165) is 10.9 Å². The number of fused-ring (bicyclic) bond motifs is 1. The smallest absolute Gasteiger partial charge is 0.253 e. The Hall–Kier alpha value is -3.29. The van der Waals surface area contributed by atoms with Gasteiger partial charge in [-0.15, -0.1) is 0 Å². The van der Waals surface area contributed by atoms with Gasteiger partial charge in [0, 0.05) is 30.2 Å². The van der Waals surface area contributed by atoms with Crippen molar-refractivity contribution in [2.75, 3.05) is 13.1 Å². The van der Waals surface area contributed by atoms with Crippen LogP contribution in [0.1, 0.15) is 27.9 Å². The standard InChI is InChI=1S/C18H18N6O2/c1-10-21-17(23-22-10)14-9-24(8-13(14)16(19)25)18(26)12-4-5-15-11(7-12)3-2-6-20-15/h2-7,13-14H,8-9H2,1H3,(H2,19,25)(H,21,22,23). The summed E-state index contributed by atoms with van der Waals surface area (Å²) in [5.41, 5.74) is 6.94. The molecule has 1 aliphatic heterocycles. The summed E-state index contributed by atoms with van der Waals surface area (Å²) < 4.78 is 0. The molecule has 8 heteroatoms. The number of benzene rings is 1. The van der Waals surface area contributed by atoms with E-state index in [9.17, 15) is 9.59 Å². The third kappa shape index (κ3) is 2.79. The highest BCUT2D eigenvalue weighted by Gasteiger charge is 2.41. The molecular weight excluding hydrogens is 332 g/mol. The van der Waals surface area contributed by atoms with Gasteiger partial charge >= 0.3 is 0 Å². The SMILES string of the molecule is Cc1nc(C2CN(C(=O)c3ccc4ncccc4c3)CC2C(N)=O)n[nH]1. The fourth-order valence-electron chi connectivity index (χ4n) is 3.44. The Kier molecular flexibility index (Phi) is 3.87. The molecule has 0 saturated carbocycles. The first-order valence-electron chi connectivity index (χ1n) is 8.35. The van der Waals surface area contributed by atoms with Crippen LogP contribution < -0.4 is 5.73 Å². The van der Waals surface area contributed by atoms with Gasteiger partial charge in [-0.1, -0.05) is 6.07 Å². The number of primary amides is 1. The van der Waals surface area contributed by atoms with E-state index in [1.54, 1.807) is 24.1 Å². The Morgan fingerprint density at radius 3 is 2.85 bits per heavy atom. The molecular formula is C18H18N6O2. The number of aromatic amines is 1. The Balaban J connectivity index is 1.62. The van der Waals surface area contributed by atoms with Crippen LogP contribution in [0.3, 0.4) is 0 Å². The largest absolute Gasteiger partial charge is 0.369 e. The molecule has 2 amide bonds. The first kappa shape index (κ1) is 16.2.